The first kappa shape index (κ1) is 17.0. The molecule has 0 heterocycles. The van der Waals surface area contributed by atoms with Crippen molar-refractivity contribution < 1.29 is 19.5 Å². The molecule has 0 bridgehead atoms. The molecule has 5 nitrogen and oxygen atoms in total. The highest BCUT2D eigenvalue weighted by Gasteiger charge is 2.19. The van der Waals surface area contributed by atoms with Crippen molar-refractivity contribution in [1.82, 2.24) is 0 Å². The lowest BCUT2D eigenvalue weighted by Crippen LogP contribution is -2.16. The summed E-state index contributed by atoms with van der Waals surface area (Å²) in [5.41, 5.74) is 0.561. The zero-order valence-electron chi connectivity index (χ0n) is 11.9. The van der Waals surface area contributed by atoms with Crippen LogP contribution in [0.5, 0.6) is 0 Å². The van der Waals surface area contributed by atoms with E-state index in [1.165, 1.54) is 13.0 Å². The summed E-state index contributed by atoms with van der Waals surface area (Å²) in [6.45, 7) is 1.43. The molecular formula is C16H11Cl2NO4. The molecule has 0 aromatic heterocycles. The number of amides is 1. The van der Waals surface area contributed by atoms with E-state index in [9.17, 15) is 19.5 Å². The Balaban J connectivity index is 2.32. The number of carboxylic acids is 1. The predicted octanol–water partition coefficient (Wildman–Crippen LogP) is 4.15. The molecule has 0 saturated heterocycles. The van der Waals surface area contributed by atoms with Crippen LogP contribution >= 0.6 is 23.2 Å². The minimum absolute atomic E-state index is 0.0476. The molecule has 23 heavy (non-hydrogen) atoms. The van der Waals surface area contributed by atoms with E-state index in [0.717, 1.165) is 6.07 Å². The van der Waals surface area contributed by atoms with Gasteiger partial charge in [0.2, 0.25) is 0 Å². The number of aromatic carboxylic acids is 1. The standard InChI is InChI=1S/C16H11Cl2NO4/c1-8(20)9-2-4-10(5-3-9)19-15(21)11-6-13(17)14(18)7-12(11)16(22)23/h2-7H,1H3,(H,19,21)(H,22,23). The summed E-state index contributed by atoms with van der Waals surface area (Å²) in [5.74, 6) is -2.03. The van der Waals surface area contributed by atoms with Crippen molar-refractivity contribution in [3.63, 3.8) is 0 Å². The molecule has 0 spiro atoms. The molecule has 0 atom stereocenters. The first-order valence-electron chi connectivity index (χ1n) is 6.44. The van der Waals surface area contributed by atoms with Gasteiger partial charge in [-0.3, -0.25) is 9.59 Å². The molecule has 0 aliphatic rings. The first-order valence-corrected chi connectivity index (χ1v) is 7.20. The molecule has 2 rings (SSSR count). The summed E-state index contributed by atoms with van der Waals surface area (Å²) in [7, 11) is 0. The van der Waals surface area contributed by atoms with E-state index in [0.29, 0.717) is 11.3 Å². The maximum absolute atomic E-state index is 12.3. The van der Waals surface area contributed by atoms with E-state index >= 15 is 0 Å². The van der Waals surface area contributed by atoms with Gasteiger partial charge in [0, 0.05) is 11.3 Å². The smallest absolute Gasteiger partial charge is 0.336 e. The van der Waals surface area contributed by atoms with Crippen LogP contribution in [0.15, 0.2) is 36.4 Å². The third kappa shape index (κ3) is 3.88. The lowest BCUT2D eigenvalue weighted by molar-refractivity contribution is 0.0692. The number of hydrogen-bond acceptors (Lipinski definition) is 3. The van der Waals surface area contributed by atoms with Gasteiger partial charge in [0.05, 0.1) is 21.2 Å². The largest absolute Gasteiger partial charge is 0.478 e. The van der Waals surface area contributed by atoms with Crippen molar-refractivity contribution in [2.24, 2.45) is 0 Å². The van der Waals surface area contributed by atoms with Gasteiger partial charge in [-0.1, -0.05) is 23.2 Å². The second-order valence-corrected chi connectivity index (χ2v) is 5.52. The average Bonchev–Trinajstić information content (AvgIpc) is 2.49. The van der Waals surface area contributed by atoms with Gasteiger partial charge >= 0.3 is 5.97 Å². The molecule has 2 aromatic carbocycles. The number of ketones is 1. The van der Waals surface area contributed by atoms with Crippen LogP contribution in [-0.2, 0) is 0 Å². The molecule has 0 unspecified atom stereocenters. The van der Waals surface area contributed by atoms with Crippen LogP contribution in [0.4, 0.5) is 5.69 Å². The Morgan fingerprint density at radius 3 is 1.96 bits per heavy atom. The van der Waals surface area contributed by atoms with Crippen LogP contribution in [0.2, 0.25) is 10.0 Å². The Morgan fingerprint density at radius 1 is 0.957 bits per heavy atom. The highest BCUT2D eigenvalue weighted by atomic mass is 35.5. The van der Waals surface area contributed by atoms with Gasteiger partial charge < -0.3 is 10.4 Å². The van der Waals surface area contributed by atoms with Crippen LogP contribution in [0.1, 0.15) is 38.0 Å². The van der Waals surface area contributed by atoms with Crippen molar-refractivity contribution in [1.29, 1.82) is 0 Å². The Kier molecular flexibility index (Phi) is 5.03. The maximum atomic E-state index is 12.3. The van der Waals surface area contributed by atoms with Crippen molar-refractivity contribution in [3.05, 3.63) is 63.1 Å². The minimum atomic E-state index is -1.29. The SMILES string of the molecule is CC(=O)c1ccc(NC(=O)c2cc(Cl)c(Cl)cc2C(=O)O)cc1. The monoisotopic (exact) mass is 351 g/mol. The molecular weight excluding hydrogens is 341 g/mol. The third-order valence-corrected chi connectivity index (χ3v) is 3.81. The molecule has 118 valence electrons. The number of halogens is 2. The number of carbonyl (C=O) groups excluding carboxylic acids is 2. The number of carboxylic acid groups (broad SMARTS) is 1. The summed E-state index contributed by atoms with van der Waals surface area (Å²) < 4.78 is 0. The van der Waals surface area contributed by atoms with Crippen LogP contribution in [0, 0.1) is 0 Å². The van der Waals surface area contributed by atoms with Crippen LogP contribution in [0.25, 0.3) is 0 Å². The molecule has 0 aliphatic carbocycles. The Labute approximate surface area is 141 Å². The van der Waals surface area contributed by atoms with E-state index in [-0.39, 0.29) is 27.0 Å². The third-order valence-electron chi connectivity index (χ3n) is 3.08. The summed E-state index contributed by atoms with van der Waals surface area (Å²) >= 11 is 11.6. The molecule has 2 aromatic rings. The number of Topliss-reactive ketones (excluding diaryl/α,β-unsaturated/α-hetero) is 1. The van der Waals surface area contributed by atoms with E-state index in [2.05, 4.69) is 5.32 Å². The highest BCUT2D eigenvalue weighted by molar-refractivity contribution is 6.42. The maximum Gasteiger partial charge on any atom is 0.336 e. The van der Waals surface area contributed by atoms with Gasteiger partial charge in [0.1, 0.15) is 0 Å². The van der Waals surface area contributed by atoms with Gasteiger partial charge in [-0.2, -0.15) is 0 Å². The minimum Gasteiger partial charge on any atom is -0.478 e. The van der Waals surface area contributed by atoms with E-state index < -0.39 is 11.9 Å². The lowest BCUT2D eigenvalue weighted by atomic mass is 10.1. The molecule has 0 fully saturated rings. The molecule has 0 radical (unpaired) electrons. The Bertz CT molecular complexity index is 800. The van der Waals surface area contributed by atoms with E-state index in [4.69, 9.17) is 23.2 Å². The molecule has 2 N–H and O–H groups in total. The summed E-state index contributed by atoms with van der Waals surface area (Å²) in [4.78, 5) is 34.7. The van der Waals surface area contributed by atoms with Gasteiger partial charge in [-0.05, 0) is 43.3 Å². The van der Waals surface area contributed by atoms with Crippen molar-refractivity contribution in [3.8, 4) is 0 Å². The normalized spacial score (nSPS) is 10.2. The molecule has 0 saturated carbocycles. The van der Waals surface area contributed by atoms with Crippen molar-refractivity contribution in [2.75, 3.05) is 5.32 Å². The van der Waals surface area contributed by atoms with Gasteiger partial charge in [0.25, 0.3) is 5.91 Å². The zero-order valence-corrected chi connectivity index (χ0v) is 13.4. The number of carbonyl (C=O) groups is 3. The highest BCUT2D eigenvalue weighted by Crippen LogP contribution is 2.26. The van der Waals surface area contributed by atoms with Gasteiger partial charge in [0.15, 0.2) is 5.78 Å². The molecule has 0 aliphatic heterocycles. The topological polar surface area (TPSA) is 83.5 Å². The fourth-order valence-electron chi connectivity index (χ4n) is 1.90. The average molecular weight is 352 g/mol. The Hall–Kier alpha value is -2.37. The Morgan fingerprint density at radius 2 is 1.48 bits per heavy atom. The number of anilines is 1. The van der Waals surface area contributed by atoms with Crippen molar-refractivity contribution in [2.45, 2.75) is 6.92 Å². The molecule has 1 amide bonds. The molecule has 7 heteroatoms. The van der Waals surface area contributed by atoms with Crippen LogP contribution in [0.3, 0.4) is 0 Å². The number of benzene rings is 2. The number of rotatable bonds is 4. The summed E-state index contributed by atoms with van der Waals surface area (Å²) in [6, 6.07) is 8.54. The number of nitrogens with one attached hydrogen (secondary N) is 1. The fourth-order valence-corrected chi connectivity index (χ4v) is 2.23. The second kappa shape index (κ2) is 6.81. The summed E-state index contributed by atoms with van der Waals surface area (Å²) in [6.07, 6.45) is 0. The second-order valence-electron chi connectivity index (χ2n) is 4.70. The van der Waals surface area contributed by atoms with Crippen LogP contribution < -0.4 is 5.32 Å². The number of hydrogen-bond donors (Lipinski definition) is 2. The van der Waals surface area contributed by atoms with E-state index in [1.807, 2.05) is 0 Å². The summed E-state index contributed by atoms with van der Waals surface area (Å²) in [5, 5.41) is 11.9. The van der Waals surface area contributed by atoms with Crippen molar-refractivity contribution >= 4 is 46.5 Å². The van der Waals surface area contributed by atoms with E-state index in [1.54, 1.807) is 24.3 Å². The predicted molar refractivity (Wildman–Crippen MR) is 87.8 cm³/mol. The zero-order chi connectivity index (χ0) is 17.1. The van der Waals surface area contributed by atoms with Gasteiger partial charge in [-0.25, -0.2) is 4.79 Å². The first-order chi connectivity index (χ1) is 10.8. The fraction of sp³-hybridized carbons (Fsp3) is 0.0625. The quantitative estimate of drug-likeness (QED) is 0.810. The lowest BCUT2D eigenvalue weighted by Gasteiger charge is -2.09. The van der Waals surface area contributed by atoms with Gasteiger partial charge in [-0.15, -0.1) is 0 Å². The van der Waals surface area contributed by atoms with Crippen LogP contribution in [-0.4, -0.2) is 22.8 Å².